The van der Waals surface area contributed by atoms with Crippen LogP contribution in [0, 0.1) is 0 Å². The van der Waals surface area contributed by atoms with Gasteiger partial charge < -0.3 is 13.5 Å². The second-order valence-electron chi connectivity index (χ2n) is 7.15. The normalized spacial score (nSPS) is 13.4. The first-order valence-corrected chi connectivity index (χ1v) is 17.0. The molecule has 8 heteroatoms. The zero-order valence-electron chi connectivity index (χ0n) is 13.9. The Hall–Kier alpha value is 0.331. The van der Waals surface area contributed by atoms with Crippen LogP contribution in [0.1, 0.15) is 6.42 Å². The third-order valence-corrected chi connectivity index (χ3v) is 12.2. The van der Waals surface area contributed by atoms with Gasteiger partial charge in [-0.3, -0.25) is 4.79 Å². The maximum atomic E-state index is 11.1. The van der Waals surface area contributed by atoms with Crippen molar-refractivity contribution in [2.75, 3.05) is 12.4 Å². The van der Waals surface area contributed by atoms with Crippen LogP contribution < -0.4 is 5.32 Å². The molecule has 0 rings (SSSR count). The second kappa shape index (κ2) is 8.09. The third kappa shape index (κ3) is 11.0. The van der Waals surface area contributed by atoms with Crippen LogP contribution >= 0.6 is 11.6 Å². The van der Waals surface area contributed by atoms with E-state index in [1.807, 2.05) is 0 Å². The fourth-order valence-corrected chi connectivity index (χ4v) is 14.7. The number of amides is 1. The van der Waals surface area contributed by atoms with Gasteiger partial charge in [0.15, 0.2) is 16.6 Å². The highest BCUT2D eigenvalue weighted by Crippen LogP contribution is 2.25. The molecule has 0 aliphatic rings. The Bertz CT molecular complexity index is 300. The van der Waals surface area contributed by atoms with Crippen molar-refractivity contribution in [3.8, 4) is 0 Å². The number of hydrogen-bond donors (Lipinski definition) is 1. The van der Waals surface area contributed by atoms with Gasteiger partial charge in [-0.15, -0.1) is 11.6 Å². The summed E-state index contributed by atoms with van der Waals surface area (Å²) in [5.41, 5.74) is 0. The summed E-state index contributed by atoms with van der Waals surface area (Å²) in [5, 5.41) is 2.79. The molecule has 0 aromatic carbocycles. The Kier molecular flexibility index (Phi) is 8.23. The van der Waals surface area contributed by atoms with Crippen LogP contribution in [0.25, 0.3) is 0 Å². The Morgan fingerprint density at radius 2 is 1.45 bits per heavy atom. The molecule has 0 spiro atoms. The number of carbonyl (C=O) groups excluding carboxylic acids is 1. The highest BCUT2D eigenvalue weighted by molar-refractivity contribution is 6.87. The van der Waals surface area contributed by atoms with Gasteiger partial charge in [-0.2, -0.15) is 0 Å². The summed E-state index contributed by atoms with van der Waals surface area (Å²) in [6.07, 6.45) is 0.875. The third-order valence-electron chi connectivity index (χ3n) is 2.30. The molecule has 0 aliphatic heterocycles. The standard InChI is InChI=1S/C12H30ClNO3Si3/c1-18(2,3)16-20(7,17-19(4,5)6)10-8-9-14-12(15)11-13/h8-11H2,1-7H3,(H,14,15). The van der Waals surface area contributed by atoms with E-state index in [1.54, 1.807) is 0 Å². The van der Waals surface area contributed by atoms with E-state index >= 15 is 0 Å². The van der Waals surface area contributed by atoms with Gasteiger partial charge in [-0.25, -0.2) is 0 Å². The molecule has 1 N–H and O–H groups in total. The SMILES string of the molecule is C[Si](C)(C)O[Si](C)(CCCNC(=O)CCl)O[Si](C)(C)C. The molecule has 120 valence electrons. The minimum atomic E-state index is -2.16. The van der Waals surface area contributed by atoms with E-state index in [9.17, 15) is 4.79 Å². The van der Waals surface area contributed by atoms with Gasteiger partial charge in [-0.1, -0.05) is 0 Å². The smallest absolute Gasteiger partial charge is 0.314 e. The molecule has 0 aromatic rings. The van der Waals surface area contributed by atoms with E-state index in [1.165, 1.54) is 0 Å². The van der Waals surface area contributed by atoms with Gasteiger partial charge in [0, 0.05) is 6.54 Å². The maximum Gasteiger partial charge on any atom is 0.314 e. The van der Waals surface area contributed by atoms with Crippen molar-refractivity contribution < 1.29 is 13.0 Å². The minimum Gasteiger partial charge on any atom is -0.437 e. The molecule has 0 fully saturated rings. The van der Waals surface area contributed by atoms with E-state index in [4.69, 9.17) is 19.8 Å². The first-order chi connectivity index (χ1) is 8.87. The minimum absolute atomic E-state index is 0.0194. The Morgan fingerprint density at radius 1 is 1.00 bits per heavy atom. The van der Waals surface area contributed by atoms with E-state index in [2.05, 4.69) is 51.1 Å². The molecule has 0 radical (unpaired) electrons. The van der Waals surface area contributed by atoms with Crippen molar-refractivity contribution >= 4 is 42.7 Å². The van der Waals surface area contributed by atoms with Crippen LogP contribution in [0.2, 0.25) is 51.9 Å². The molecule has 0 aromatic heterocycles. The Morgan fingerprint density at radius 3 is 1.80 bits per heavy atom. The van der Waals surface area contributed by atoms with Gasteiger partial charge in [0.25, 0.3) is 0 Å². The first-order valence-electron chi connectivity index (χ1n) is 7.10. The number of rotatable bonds is 9. The summed E-state index contributed by atoms with van der Waals surface area (Å²) in [6, 6.07) is 0.907. The molecule has 0 saturated heterocycles. The molecule has 0 heterocycles. The molecule has 0 saturated carbocycles. The van der Waals surface area contributed by atoms with Gasteiger partial charge in [0.2, 0.25) is 5.91 Å². The van der Waals surface area contributed by atoms with Crippen molar-refractivity contribution in [1.82, 2.24) is 5.32 Å². The molecule has 0 unspecified atom stereocenters. The van der Waals surface area contributed by atoms with Crippen LogP contribution in [-0.4, -0.2) is 43.5 Å². The van der Waals surface area contributed by atoms with Gasteiger partial charge >= 0.3 is 8.56 Å². The lowest BCUT2D eigenvalue weighted by Crippen LogP contribution is -2.52. The lowest BCUT2D eigenvalue weighted by atomic mass is 10.5. The highest BCUT2D eigenvalue weighted by Gasteiger charge is 2.39. The van der Waals surface area contributed by atoms with Crippen molar-refractivity contribution in [3.05, 3.63) is 0 Å². The zero-order valence-corrected chi connectivity index (χ0v) is 17.7. The van der Waals surface area contributed by atoms with Crippen LogP contribution in [0.4, 0.5) is 0 Å². The Balaban J connectivity index is 4.50. The first kappa shape index (κ1) is 20.3. The summed E-state index contributed by atoms with van der Waals surface area (Å²) in [4.78, 5) is 11.1. The topological polar surface area (TPSA) is 47.6 Å². The fraction of sp³-hybridized carbons (Fsp3) is 0.917. The summed E-state index contributed by atoms with van der Waals surface area (Å²) in [5.74, 6) is -0.0989. The maximum absolute atomic E-state index is 11.1. The fourth-order valence-electron chi connectivity index (χ4n) is 2.10. The van der Waals surface area contributed by atoms with E-state index in [0.717, 1.165) is 12.5 Å². The highest BCUT2D eigenvalue weighted by atomic mass is 35.5. The van der Waals surface area contributed by atoms with Crippen LogP contribution in [0.15, 0.2) is 0 Å². The molecular weight excluding hydrogens is 326 g/mol. The number of carbonyl (C=O) groups is 1. The van der Waals surface area contributed by atoms with E-state index in [0.29, 0.717) is 6.54 Å². The molecule has 20 heavy (non-hydrogen) atoms. The van der Waals surface area contributed by atoms with Gasteiger partial charge in [0.05, 0.1) is 0 Å². The van der Waals surface area contributed by atoms with Gasteiger partial charge in [-0.05, 0) is 58.3 Å². The number of nitrogens with one attached hydrogen (secondary N) is 1. The predicted molar refractivity (Wildman–Crippen MR) is 93.6 cm³/mol. The molecule has 4 nitrogen and oxygen atoms in total. The largest absolute Gasteiger partial charge is 0.437 e. The molecule has 0 atom stereocenters. The summed E-state index contributed by atoms with van der Waals surface area (Å²) >= 11 is 5.45. The molecular formula is C12H30ClNO3Si3. The van der Waals surface area contributed by atoms with Gasteiger partial charge in [0.1, 0.15) is 5.88 Å². The average Bonchev–Trinajstić information content (AvgIpc) is 2.18. The Labute approximate surface area is 132 Å². The summed E-state index contributed by atoms with van der Waals surface area (Å²) < 4.78 is 12.8. The summed E-state index contributed by atoms with van der Waals surface area (Å²) in [6.45, 7) is 16.0. The molecule has 0 bridgehead atoms. The zero-order chi connectivity index (χ0) is 16.0. The quantitative estimate of drug-likeness (QED) is 0.391. The van der Waals surface area contributed by atoms with E-state index < -0.39 is 25.2 Å². The van der Waals surface area contributed by atoms with Crippen molar-refractivity contribution in [2.24, 2.45) is 0 Å². The van der Waals surface area contributed by atoms with Crippen LogP contribution in [0.5, 0.6) is 0 Å². The lowest BCUT2D eigenvalue weighted by molar-refractivity contribution is -0.118. The van der Waals surface area contributed by atoms with Crippen LogP contribution in [-0.2, 0) is 13.0 Å². The van der Waals surface area contributed by atoms with E-state index in [-0.39, 0.29) is 11.8 Å². The summed E-state index contributed by atoms with van der Waals surface area (Å²) in [7, 11) is -5.42. The molecule has 0 aliphatic carbocycles. The number of alkyl halides is 1. The van der Waals surface area contributed by atoms with Crippen molar-refractivity contribution in [3.63, 3.8) is 0 Å². The van der Waals surface area contributed by atoms with Crippen LogP contribution in [0.3, 0.4) is 0 Å². The monoisotopic (exact) mass is 355 g/mol. The number of hydrogen-bond acceptors (Lipinski definition) is 3. The molecule has 1 amide bonds. The second-order valence-corrected chi connectivity index (χ2v) is 20.3. The lowest BCUT2D eigenvalue weighted by Gasteiger charge is -2.38. The van der Waals surface area contributed by atoms with Crippen molar-refractivity contribution in [2.45, 2.75) is 58.3 Å². The predicted octanol–water partition coefficient (Wildman–Crippen LogP) is 3.51. The van der Waals surface area contributed by atoms with Crippen molar-refractivity contribution in [1.29, 1.82) is 0 Å². The average molecular weight is 356 g/mol. The number of halogens is 1.